The van der Waals surface area contributed by atoms with E-state index in [4.69, 9.17) is 5.11 Å². The topological polar surface area (TPSA) is 37.3 Å². The molecule has 15 heavy (non-hydrogen) atoms. The van der Waals surface area contributed by atoms with Crippen LogP contribution in [0.25, 0.3) is 0 Å². The van der Waals surface area contributed by atoms with Gasteiger partial charge in [-0.05, 0) is 19.3 Å². The van der Waals surface area contributed by atoms with Crippen LogP contribution < -0.4 is 0 Å². The first kappa shape index (κ1) is 14.2. The third-order valence-electron chi connectivity index (χ3n) is 2.72. The first-order valence-corrected chi connectivity index (χ1v) is 6.02. The molecule has 1 atom stereocenters. The van der Waals surface area contributed by atoms with Gasteiger partial charge in [-0.15, -0.1) is 6.58 Å². The molecule has 0 aromatic carbocycles. The molecule has 0 aromatic heterocycles. The second kappa shape index (κ2) is 9.75. The Labute approximate surface area is 93.4 Å². The van der Waals surface area contributed by atoms with Crippen molar-refractivity contribution in [2.24, 2.45) is 5.92 Å². The minimum absolute atomic E-state index is 0.175. The van der Waals surface area contributed by atoms with Crippen LogP contribution in [0.5, 0.6) is 0 Å². The van der Waals surface area contributed by atoms with E-state index in [-0.39, 0.29) is 5.92 Å². The molecule has 1 unspecified atom stereocenters. The summed E-state index contributed by atoms with van der Waals surface area (Å²) in [6.45, 7) is 5.47. The van der Waals surface area contributed by atoms with Gasteiger partial charge in [-0.1, -0.05) is 45.1 Å². The van der Waals surface area contributed by atoms with Crippen LogP contribution in [0.3, 0.4) is 0 Å². The lowest BCUT2D eigenvalue weighted by Gasteiger charge is -2.05. The average Bonchev–Trinajstić information content (AvgIpc) is 2.21. The molecule has 0 saturated heterocycles. The number of aliphatic carboxylic acids is 1. The molecule has 0 amide bonds. The fraction of sp³-hybridized carbons (Fsp3) is 0.769. The summed E-state index contributed by atoms with van der Waals surface area (Å²) in [4.78, 5) is 10.5. The molecule has 1 N–H and O–H groups in total. The van der Waals surface area contributed by atoms with Gasteiger partial charge >= 0.3 is 5.97 Å². The van der Waals surface area contributed by atoms with Crippen LogP contribution in [-0.2, 0) is 4.79 Å². The van der Waals surface area contributed by atoms with Crippen molar-refractivity contribution >= 4 is 5.97 Å². The van der Waals surface area contributed by atoms with Crippen molar-refractivity contribution in [1.82, 2.24) is 0 Å². The van der Waals surface area contributed by atoms with E-state index >= 15 is 0 Å². The zero-order chi connectivity index (χ0) is 11.5. The Morgan fingerprint density at radius 2 is 1.73 bits per heavy atom. The van der Waals surface area contributed by atoms with Crippen LogP contribution in [0.4, 0.5) is 0 Å². The summed E-state index contributed by atoms with van der Waals surface area (Å²) in [5.41, 5.74) is 0. The molecule has 88 valence electrons. The van der Waals surface area contributed by atoms with E-state index in [1.54, 1.807) is 6.92 Å². The first-order chi connectivity index (χ1) is 7.18. The number of carbonyl (C=O) groups is 1. The lowest BCUT2D eigenvalue weighted by Crippen LogP contribution is -2.08. The smallest absolute Gasteiger partial charge is 0.306 e. The summed E-state index contributed by atoms with van der Waals surface area (Å²) in [5.74, 6) is -0.841. The number of unbranched alkanes of at least 4 members (excludes halogenated alkanes) is 6. The minimum Gasteiger partial charge on any atom is -0.481 e. The van der Waals surface area contributed by atoms with Gasteiger partial charge in [0.05, 0.1) is 5.92 Å². The van der Waals surface area contributed by atoms with Crippen LogP contribution in [0, 0.1) is 5.92 Å². The Hall–Kier alpha value is -0.790. The number of carboxylic acid groups (broad SMARTS) is 1. The molecule has 0 aliphatic heterocycles. The summed E-state index contributed by atoms with van der Waals surface area (Å²) < 4.78 is 0. The van der Waals surface area contributed by atoms with Crippen LogP contribution in [0.15, 0.2) is 12.7 Å². The van der Waals surface area contributed by atoms with Gasteiger partial charge in [0.1, 0.15) is 0 Å². The van der Waals surface area contributed by atoms with E-state index in [1.807, 2.05) is 6.08 Å². The molecular formula is C13H24O2. The van der Waals surface area contributed by atoms with E-state index in [1.165, 1.54) is 32.1 Å². The Kier molecular flexibility index (Phi) is 9.24. The summed E-state index contributed by atoms with van der Waals surface area (Å²) in [7, 11) is 0. The van der Waals surface area contributed by atoms with Crippen molar-refractivity contribution in [1.29, 1.82) is 0 Å². The van der Waals surface area contributed by atoms with Crippen molar-refractivity contribution in [3.05, 3.63) is 12.7 Å². The predicted molar refractivity (Wildman–Crippen MR) is 63.9 cm³/mol. The molecule has 0 fully saturated rings. The molecule has 0 rings (SSSR count). The van der Waals surface area contributed by atoms with E-state index in [9.17, 15) is 4.79 Å². The Morgan fingerprint density at radius 3 is 2.27 bits per heavy atom. The Bertz CT molecular complexity index is 175. The average molecular weight is 212 g/mol. The van der Waals surface area contributed by atoms with Gasteiger partial charge in [-0.3, -0.25) is 4.79 Å². The summed E-state index contributed by atoms with van der Waals surface area (Å²) in [5, 5.41) is 8.67. The molecule has 0 spiro atoms. The lowest BCUT2D eigenvalue weighted by atomic mass is 10.0. The molecule has 0 aliphatic rings. The molecule has 0 saturated carbocycles. The minimum atomic E-state index is -0.666. The highest BCUT2D eigenvalue weighted by atomic mass is 16.4. The van der Waals surface area contributed by atoms with Gasteiger partial charge in [0.15, 0.2) is 0 Å². The standard InChI is InChI=1S/C13H24O2/c1-3-4-5-6-7-8-9-10-11-12(2)13(14)15/h3,12H,1,4-11H2,2H3,(H,14,15). The molecular weight excluding hydrogens is 188 g/mol. The fourth-order valence-electron chi connectivity index (χ4n) is 1.57. The van der Waals surface area contributed by atoms with E-state index < -0.39 is 5.97 Å². The molecule has 0 aliphatic carbocycles. The zero-order valence-corrected chi connectivity index (χ0v) is 9.87. The molecule has 0 aromatic rings. The van der Waals surface area contributed by atoms with Gasteiger partial charge in [0.25, 0.3) is 0 Å². The second-order valence-electron chi connectivity index (χ2n) is 4.23. The Morgan fingerprint density at radius 1 is 1.20 bits per heavy atom. The van der Waals surface area contributed by atoms with Gasteiger partial charge in [-0.25, -0.2) is 0 Å². The van der Waals surface area contributed by atoms with Crippen LogP contribution in [0.1, 0.15) is 58.3 Å². The maximum absolute atomic E-state index is 10.5. The predicted octanol–water partition coefficient (Wildman–Crippen LogP) is 4.01. The quantitative estimate of drug-likeness (QED) is 0.439. The first-order valence-electron chi connectivity index (χ1n) is 6.02. The third-order valence-corrected chi connectivity index (χ3v) is 2.72. The number of hydrogen-bond donors (Lipinski definition) is 1. The van der Waals surface area contributed by atoms with Crippen LogP contribution in [-0.4, -0.2) is 11.1 Å². The number of carboxylic acids is 1. The van der Waals surface area contributed by atoms with Crippen molar-refractivity contribution in [3.63, 3.8) is 0 Å². The normalized spacial score (nSPS) is 12.3. The molecule has 0 heterocycles. The third kappa shape index (κ3) is 9.51. The maximum Gasteiger partial charge on any atom is 0.306 e. The highest BCUT2D eigenvalue weighted by Gasteiger charge is 2.09. The summed E-state index contributed by atoms with van der Waals surface area (Å²) in [6, 6.07) is 0. The number of allylic oxidation sites excluding steroid dienone is 1. The largest absolute Gasteiger partial charge is 0.481 e. The zero-order valence-electron chi connectivity index (χ0n) is 9.87. The van der Waals surface area contributed by atoms with E-state index in [2.05, 4.69) is 6.58 Å². The van der Waals surface area contributed by atoms with Crippen molar-refractivity contribution in [2.45, 2.75) is 58.3 Å². The summed E-state index contributed by atoms with van der Waals surface area (Å²) in [6.07, 6.45) is 11.2. The molecule has 2 nitrogen and oxygen atoms in total. The van der Waals surface area contributed by atoms with Crippen LogP contribution in [0.2, 0.25) is 0 Å². The molecule has 2 heteroatoms. The Balaban J connectivity index is 3.11. The second-order valence-corrected chi connectivity index (χ2v) is 4.23. The highest BCUT2D eigenvalue weighted by Crippen LogP contribution is 2.12. The van der Waals surface area contributed by atoms with E-state index in [0.717, 1.165) is 19.3 Å². The maximum atomic E-state index is 10.5. The van der Waals surface area contributed by atoms with E-state index in [0.29, 0.717) is 0 Å². The van der Waals surface area contributed by atoms with Crippen molar-refractivity contribution in [2.75, 3.05) is 0 Å². The van der Waals surface area contributed by atoms with Crippen molar-refractivity contribution < 1.29 is 9.90 Å². The van der Waals surface area contributed by atoms with Crippen molar-refractivity contribution in [3.8, 4) is 0 Å². The van der Waals surface area contributed by atoms with Gasteiger partial charge in [0, 0.05) is 0 Å². The number of rotatable bonds is 10. The molecule has 0 bridgehead atoms. The van der Waals surface area contributed by atoms with Gasteiger partial charge < -0.3 is 5.11 Å². The fourth-order valence-corrected chi connectivity index (χ4v) is 1.57. The molecule has 0 radical (unpaired) electrons. The van der Waals surface area contributed by atoms with Crippen LogP contribution >= 0.6 is 0 Å². The summed E-state index contributed by atoms with van der Waals surface area (Å²) >= 11 is 0. The van der Waals surface area contributed by atoms with Gasteiger partial charge in [0.2, 0.25) is 0 Å². The monoisotopic (exact) mass is 212 g/mol. The SMILES string of the molecule is C=CCCCCCCCCC(C)C(=O)O. The van der Waals surface area contributed by atoms with Gasteiger partial charge in [-0.2, -0.15) is 0 Å². The highest BCUT2D eigenvalue weighted by molar-refractivity contribution is 5.69. The number of hydrogen-bond acceptors (Lipinski definition) is 1. The lowest BCUT2D eigenvalue weighted by molar-refractivity contribution is -0.141.